The number of carbonyl (C=O) groups is 3. The molecular weight excluding hydrogens is 310 g/mol. The van der Waals surface area contributed by atoms with Crippen LogP contribution in [0.4, 0.5) is 0 Å². The van der Waals surface area contributed by atoms with E-state index in [-0.39, 0.29) is 29.0 Å². The van der Waals surface area contributed by atoms with E-state index in [1.807, 2.05) is 0 Å². The van der Waals surface area contributed by atoms with Crippen molar-refractivity contribution >= 4 is 17.7 Å². The normalized spacial score (nSPS) is 10.1. The number of hydrogen-bond acceptors (Lipinski definition) is 4. The summed E-state index contributed by atoms with van der Waals surface area (Å²) in [6.45, 7) is 1.59. The summed E-state index contributed by atoms with van der Waals surface area (Å²) in [7, 11) is 1.44. The molecule has 2 aromatic carbocycles. The van der Waals surface area contributed by atoms with Crippen molar-refractivity contribution in [1.82, 2.24) is 5.32 Å². The molecule has 124 valence electrons. The van der Waals surface area contributed by atoms with E-state index in [1.54, 1.807) is 30.3 Å². The molecule has 0 radical (unpaired) electrons. The molecule has 0 aliphatic carbocycles. The van der Waals surface area contributed by atoms with Gasteiger partial charge < -0.3 is 15.2 Å². The first-order valence-electron chi connectivity index (χ1n) is 7.22. The fraction of sp³-hybridized carbons (Fsp3) is 0.167. The molecule has 6 nitrogen and oxygen atoms in total. The van der Waals surface area contributed by atoms with Crippen molar-refractivity contribution in [3.63, 3.8) is 0 Å². The van der Waals surface area contributed by atoms with Crippen LogP contribution in [0.5, 0.6) is 5.75 Å². The fourth-order valence-electron chi connectivity index (χ4n) is 2.30. The fourth-order valence-corrected chi connectivity index (χ4v) is 2.30. The highest BCUT2D eigenvalue weighted by atomic mass is 16.5. The predicted molar refractivity (Wildman–Crippen MR) is 87.6 cm³/mol. The first kappa shape index (κ1) is 17.2. The van der Waals surface area contributed by atoms with Crippen LogP contribution in [-0.2, 0) is 6.54 Å². The Bertz CT molecular complexity index is 780. The van der Waals surface area contributed by atoms with Gasteiger partial charge in [0.1, 0.15) is 5.75 Å². The summed E-state index contributed by atoms with van der Waals surface area (Å²) >= 11 is 0. The quantitative estimate of drug-likeness (QED) is 0.795. The SMILES string of the molecule is COc1cccc(C(=O)NCc2ccc(C(=O)O)cc2)c1C(C)=O. The Morgan fingerprint density at radius 1 is 1.08 bits per heavy atom. The third-order valence-electron chi connectivity index (χ3n) is 3.50. The summed E-state index contributed by atoms with van der Waals surface area (Å²) in [4.78, 5) is 35.0. The maximum absolute atomic E-state index is 12.4. The van der Waals surface area contributed by atoms with E-state index in [9.17, 15) is 14.4 Å². The molecule has 0 atom stereocenters. The van der Waals surface area contributed by atoms with Crippen LogP contribution in [0, 0.1) is 0 Å². The van der Waals surface area contributed by atoms with Crippen molar-refractivity contribution in [2.24, 2.45) is 0 Å². The van der Waals surface area contributed by atoms with Crippen molar-refractivity contribution in [2.75, 3.05) is 7.11 Å². The molecule has 0 aliphatic heterocycles. The number of carboxylic acids is 1. The molecule has 0 aromatic heterocycles. The molecule has 2 aromatic rings. The van der Waals surface area contributed by atoms with Crippen LogP contribution in [0.15, 0.2) is 42.5 Å². The zero-order valence-electron chi connectivity index (χ0n) is 13.3. The summed E-state index contributed by atoms with van der Waals surface area (Å²) in [5, 5.41) is 11.6. The van der Waals surface area contributed by atoms with Gasteiger partial charge >= 0.3 is 5.97 Å². The van der Waals surface area contributed by atoms with Gasteiger partial charge in [0.2, 0.25) is 0 Å². The van der Waals surface area contributed by atoms with Crippen LogP contribution in [0.2, 0.25) is 0 Å². The molecule has 0 saturated carbocycles. The summed E-state index contributed by atoms with van der Waals surface area (Å²) in [5.41, 5.74) is 1.40. The van der Waals surface area contributed by atoms with E-state index in [0.717, 1.165) is 5.56 Å². The lowest BCUT2D eigenvalue weighted by atomic mass is 10.0. The maximum atomic E-state index is 12.4. The van der Waals surface area contributed by atoms with E-state index >= 15 is 0 Å². The Balaban J connectivity index is 2.15. The number of aromatic carboxylic acids is 1. The number of Topliss-reactive ketones (excluding diaryl/α,β-unsaturated/α-hetero) is 1. The van der Waals surface area contributed by atoms with Gasteiger partial charge in [0, 0.05) is 6.54 Å². The zero-order chi connectivity index (χ0) is 17.7. The highest BCUT2D eigenvalue weighted by molar-refractivity contribution is 6.09. The molecule has 0 unspecified atom stereocenters. The summed E-state index contributed by atoms with van der Waals surface area (Å²) in [6.07, 6.45) is 0. The van der Waals surface area contributed by atoms with Gasteiger partial charge in [-0.2, -0.15) is 0 Å². The van der Waals surface area contributed by atoms with Gasteiger partial charge in [-0.1, -0.05) is 18.2 Å². The Labute approximate surface area is 139 Å². The second-order valence-corrected chi connectivity index (χ2v) is 5.12. The average Bonchev–Trinajstić information content (AvgIpc) is 2.59. The minimum absolute atomic E-state index is 0.178. The van der Waals surface area contributed by atoms with E-state index in [0.29, 0.717) is 5.75 Å². The molecule has 0 fully saturated rings. The minimum atomic E-state index is -1.01. The maximum Gasteiger partial charge on any atom is 0.335 e. The summed E-state index contributed by atoms with van der Waals surface area (Å²) in [5.74, 6) is -1.32. The van der Waals surface area contributed by atoms with Gasteiger partial charge in [-0.15, -0.1) is 0 Å². The third-order valence-corrected chi connectivity index (χ3v) is 3.50. The second kappa shape index (κ2) is 7.41. The highest BCUT2D eigenvalue weighted by Gasteiger charge is 2.18. The number of carboxylic acid groups (broad SMARTS) is 1. The number of rotatable bonds is 6. The largest absolute Gasteiger partial charge is 0.496 e. The van der Waals surface area contributed by atoms with Gasteiger partial charge in [-0.3, -0.25) is 9.59 Å². The molecule has 0 bridgehead atoms. The predicted octanol–water partition coefficient (Wildman–Crippen LogP) is 2.53. The highest BCUT2D eigenvalue weighted by Crippen LogP contribution is 2.23. The van der Waals surface area contributed by atoms with E-state index in [4.69, 9.17) is 9.84 Å². The lowest BCUT2D eigenvalue weighted by Gasteiger charge is -2.12. The molecule has 0 aliphatic rings. The van der Waals surface area contributed by atoms with Crippen molar-refractivity contribution in [2.45, 2.75) is 13.5 Å². The lowest BCUT2D eigenvalue weighted by molar-refractivity contribution is 0.0696. The Hall–Kier alpha value is -3.15. The number of methoxy groups -OCH3 is 1. The van der Waals surface area contributed by atoms with Gasteiger partial charge in [-0.25, -0.2) is 4.79 Å². The molecule has 0 saturated heterocycles. The molecule has 0 heterocycles. The molecule has 1 amide bonds. The smallest absolute Gasteiger partial charge is 0.335 e. The van der Waals surface area contributed by atoms with Gasteiger partial charge in [0.15, 0.2) is 5.78 Å². The number of ether oxygens (including phenoxy) is 1. The molecule has 24 heavy (non-hydrogen) atoms. The van der Waals surface area contributed by atoms with Crippen molar-refractivity contribution in [3.8, 4) is 5.75 Å². The molecule has 2 N–H and O–H groups in total. The Morgan fingerprint density at radius 2 is 1.75 bits per heavy atom. The number of benzene rings is 2. The second-order valence-electron chi connectivity index (χ2n) is 5.12. The monoisotopic (exact) mass is 327 g/mol. The third kappa shape index (κ3) is 3.78. The van der Waals surface area contributed by atoms with Crippen molar-refractivity contribution in [3.05, 3.63) is 64.7 Å². The number of amides is 1. The van der Waals surface area contributed by atoms with Crippen molar-refractivity contribution in [1.29, 1.82) is 0 Å². The molecule has 6 heteroatoms. The van der Waals surface area contributed by atoms with E-state index in [2.05, 4.69) is 5.32 Å². The molecule has 2 rings (SSSR count). The van der Waals surface area contributed by atoms with Crippen LogP contribution in [-0.4, -0.2) is 29.9 Å². The van der Waals surface area contributed by atoms with E-state index in [1.165, 1.54) is 26.2 Å². The zero-order valence-corrected chi connectivity index (χ0v) is 13.3. The standard InChI is InChI=1S/C18H17NO5/c1-11(20)16-14(4-3-5-15(16)24-2)17(21)19-10-12-6-8-13(9-7-12)18(22)23/h3-9H,10H2,1-2H3,(H,19,21)(H,22,23). The van der Waals surface area contributed by atoms with Crippen LogP contribution < -0.4 is 10.1 Å². The van der Waals surface area contributed by atoms with Gasteiger partial charge in [-0.05, 0) is 36.8 Å². The first-order valence-corrected chi connectivity index (χ1v) is 7.22. The van der Waals surface area contributed by atoms with Crippen LogP contribution in [0.3, 0.4) is 0 Å². The Morgan fingerprint density at radius 3 is 2.29 bits per heavy atom. The van der Waals surface area contributed by atoms with Gasteiger partial charge in [0.05, 0.1) is 23.8 Å². The lowest BCUT2D eigenvalue weighted by Crippen LogP contribution is -2.25. The van der Waals surface area contributed by atoms with Crippen LogP contribution in [0.25, 0.3) is 0 Å². The number of carbonyl (C=O) groups excluding carboxylic acids is 2. The van der Waals surface area contributed by atoms with Crippen molar-refractivity contribution < 1.29 is 24.2 Å². The van der Waals surface area contributed by atoms with Crippen LogP contribution in [0.1, 0.15) is 43.6 Å². The van der Waals surface area contributed by atoms with Crippen LogP contribution >= 0.6 is 0 Å². The molecule has 0 spiro atoms. The summed E-state index contributed by atoms with van der Waals surface area (Å²) < 4.78 is 5.14. The number of ketones is 1. The Kier molecular flexibility index (Phi) is 5.31. The van der Waals surface area contributed by atoms with Gasteiger partial charge in [0.25, 0.3) is 5.91 Å². The first-order chi connectivity index (χ1) is 11.4. The van der Waals surface area contributed by atoms with E-state index < -0.39 is 11.9 Å². The number of nitrogens with one attached hydrogen (secondary N) is 1. The minimum Gasteiger partial charge on any atom is -0.496 e. The molecular formula is C18H17NO5. The summed E-state index contributed by atoms with van der Waals surface area (Å²) in [6, 6.07) is 11.0. The average molecular weight is 327 g/mol. The topological polar surface area (TPSA) is 92.7 Å². The number of hydrogen-bond donors (Lipinski definition) is 2.